The molecule has 1 amide bonds. The molecule has 2 aliphatic carbocycles. The predicted molar refractivity (Wildman–Crippen MR) is 120 cm³/mol. The largest absolute Gasteiger partial charge is 0.326 e. The Kier molecular flexibility index (Phi) is 6.14. The Balaban J connectivity index is 1.44. The molecular weight excluding hydrogens is 501 g/mol. The van der Waals surface area contributed by atoms with Crippen LogP contribution in [0.15, 0.2) is 42.5 Å². The van der Waals surface area contributed by atoms with Gasteiger partial charge in [0.25, 0.3) is 5.69 Å². The van der Waals surface area contributed by atoms with Crippen LogP contribution < -0.4 is 5.32 Å². The van der Waals surface area contributed by atoms with Crippen LogP contribution in [0, 0.1) is 22.0 Å². The first kappa shape index (κ1) is 23.9. The van der Waals surface area contributed by atoms with Crippen LogP contribution in [0.2, 0.25) is 5.02 Å². The molecule has 1 N–H and O–H groups in total. The van der Waals surface area contributed by atoms with Gasteiger partial charge in [0, 0.05) is 48.6 Å². The molecule has 0 saturated heterocycles. The number of alkyl halides is 4. The SMILES string of the molecule is O=C(CC1CC(F)(F)C1)c1cc(NC(=O)C2C(c3ccc([N+](=O)[O-])cc3)C2(Cl)Cl)ccc1Cl. The van der Waals surface area contributed by atoms with Crippen LogP contribution in [0.1, 0.15) is 41.1 Å². The van der Waals surface area contributed by atoms with Crippen molar-refractivity contribution in [2.45, 2.75) is 35.4 Å². The summed E-state index contributed by atoms with van der Waals surface area (Å²) in [7, 11) is 0. The fourth-order valence-electron chi connectivity index (χ4n) is 4.21. The van der Waals surface area contributed by atoms with Gasteiger partial charge in [-0.2, -0.15) is 0 Å². The third-order valence-electron chi connectivity index (χ3n) is 5.98. The van der Waals surface area contributed by atoms with Crippen molar-refractivity contribution in [1.29, 1.82) is 0 Å². The molecule has 2 aliphatic rings. The van der Waals surface area contributed by atoms with Crippen LogP contribution >= 0.6 is 34.8 Å². The van der Waals surface area contributed by atoms with Gasteiger partial charge in [-0.25, -0.2) is 8.78 Å². The van der Waals surface area contributed by atoms with Crippen molar-refractivity contribution < 1.29 is 23.3 Å². The zero-order valence-corrected chi connectivity index (χ0v) is 19.1. The van der Waals surface area contributed by atoms with Crippen molar-refractivity contribution in [3.8, 4) is 0 Å². The fraction of sp³-hybridized carbons (Fsp3) is 0.364. The van der Waals surface area contributed by atoms with Crippen LogP contribution in [0.4, 0.5) is 20.2 Å². The number of carbonyl (C=O) groups is 2. The summed E-state index contributed by atoms with van der Waals surface area (Å²) in [5, 5.41) is 13.6. The van der Waals surface area contributed by atoms with Gasteiger partial charge in [0.2, 0.25) is 11.8 Å². The molecule has 2 atom stereocenters. The molecule has 0 heterocycles. The lowest BCUT2D eigenvalue weighted by molar-refractivity contribution is -0.384. The molecule has 174 valence electrons. The highest BCUT2D eigenvalue weighted by Gasteiger charge is 2.67. The highest BCUT2D eigenvalue weighted by molar-refractivity contribution is 6.53. The maximum absolute atomic E-state index is 13.0. The molecule has 33 heavy (non-hydrogen) atoms. The lowest BCUT2D eigenvalue weighted by Crippen LogP contribution is -2.36. The topological polar surface area (TPSA) is 89.3 Å². The molecule has 6 nitrogen and oxygen atoms in total. The Hall–Kier alpha value is -2.29. The van der Waals surface area contributed by atoms with Gasteiger partial charge >= 0.3 is 0 Å². The smallest absolute Gasteiger partial charge is 0.269 e. The van der Waals surface area contributed by atoms with Crippen molar-refractivity contribution in [2.24, 2.45) is 11.8 Å². The summed E-state index contributed by atoms with van der Waals surface area (Å²) in [5.41, 5.74) is 0.898. The van der Waals surface area contributed by atoms with Crippen LogP contribution in [0.25, 0.3) is 0 Å². The second kappa shape index (κ2) is 8.49. The molecule has 2 aromatic rings. The molecule has 2 aromatic carbocycles. The number of nitrogens with zero attached hydrogens (tertiary/aromatic N) is 1. The van der Waals surface area contributed by atoms with Crippen LogP contribution in [-0.4, -0.2) is 26.9 Å². The molecule has 0 aliphatic heterocycles. The Labute approximate surface area is 202 Å². The maximum atomic E-state index is 13.0. The lowest BCUT2D eigenvalue weighted by Gasteiger charge is -2.34. The second-order valence-electron chi connectivity index (χ2n) is 8.42. The van der Waals surface area contributed by atoms with E-state index in [9.17, 15) is 28.5 Å². The summed E-state index contributed by atoms with van der Waals surface area (Å²) >= 11 is 18.7. The number of ketones is 1. The maximum Gasteiger partial charge on any atom is 0.269 e. The van der Waals surface area contributed by atoms with Gasteiger partial charge in [0.15, 0.2) is 5.78 Å². The normalized spacial score (nSPS) is 22.8. The monoisotopic (exact) mass is 516 g/mol. The summed E-state index contributed by atoms with van der Waals surface area (Å²) in [6.07, 6.45) is -0.706. The van der Waals surface area contributed by atoms with Gasteiger partial charge in [0.05, 0.1) is 15.9 Å². The first-order chi connectivity index (χ1) is 15.4. The number of hydrogen-bond acceptors (Lipinski definition) is 4. The lowest BCUT2D eigenvalue weighted by atomic mass is 9.77. The van der Waals surface area contributed by atoms with E-state index in [1.165, 1.54) is 42.5 Å². The third kappa shape index (κ3) is 4.83. The highest BCUT2D eigenvalue weighted by atomic mass is 35.5. The van der Waals surface area contributed by atoms with Crippen LogP contribution in [-0.2, 0) is 4.79 Å². The first-order valence-electron chi connectivity index (χ1n) is 10.0. The van der Waals surface area contributed by atoms with E-state index in [1.54, 1.807) is 0 Å². The summed E-state index contributed by atoms with van der Waals surface area (Å²) in [6, 6.07) is 9.95. The van der Waals surface area contributed by atoms with Gasteiger partial charge in [-0.3, -0.25) is 19.7 Å². The van der Waals surface area contributed by atoms with Crippen molar-refractivity contribution in [3.05, 3.63) is 68.7 Å². The molecule has 2 saturated carbocycles. The number of anilines is 1. The molecule has 0 bridgehead atoms. The molecule has 2 fully saturated rings. The zero-order valence-electron chi connectivity index (χ0n) is 16.9. The van der Waals surface area contributed by atoms with Crippen molar-refractivity contribution in [2.75, 3.05) is 5.32 Å². The molecule has 2 unspecified atom stereocenters. The zero-order chi connectivity index (χ0) is 24.1. The minimum Gasteiger partial charge on any atom is -0.326 e. The Bertz CT molecular complexity index is 1130. The molecule has 11 heteroatoms. The number of Topliss-reactive ketones (excluding diaryl/α,β-unsaturated/α-hetero) is 1. The van der Waals surface area contributed by atoms with Crippen LogP contribution in [0.3, 0.4) is 0 Å². The van der Waals surface area contributed by atoms with E-state index >= 15 is 0 Å². The van der Waals surface area contributed by atoms with E-state index in [1.807, 2.05) is 0 Å². The van der Waals surface area contributed by atoms with Gasteiger partial charge < -0.3 is 5.32 Å². The number of amides is 1. The number of rotatable bonds is 7. The Morgan fingerprint density at radius 3 is 2.33 bits per heavy atom. The van der Waals surface area contributed by atoms with Crippen molar-refractivity contribution in [3.63, 3.8) is 0 Å². The van der Waals surface area contributed by atoms with E-state index in [2.05, 4.69) is 5.32 Å². The van der Waals surface area contributed by atoms with E-state index in [4.69, 9.17) is 34.8 Å². The minimum atomic E-state index is -2.72. The fourth-order valence-corrected chi connectivity index (χ4v) is 5.26. The number of nitrogens with one attached hydrogen (secondary N) is 1. The van der Waals surface area contributed by atoms with Gasteiger partial charge in [-0.05, 0) is 29.7 Å². The summed E-state index contributed by atoms with van der Waals surface area (Å²) in [4.78, 5) is 35.7. The van der Waals surface area contributed by atoms with Gasteiger partial charge in [0.1, 0.15) is 4.33 Å². The number of nitro benzene ring substituents is 1. The number of non-ortho nitro benzene ring substituents is 1. The Morgan fingerprint density at radius 1 is 1.12 bits per heavy atom. The summed E-state index contributed by atoms with van der Waals surface area (Å²) in [6.45, 7) is 0. The van der Waals surface area contributed by atoms with Gasteiger partial charge in [-0.15, -0.1) is 23.2 Å². The molecule has 4 rings (SSSR count). The number of hydrogen-bond donors (Lipinski definition) is 1. The molecular formula is C22H17Cl3F2N2O4. The standard InChI is InChI=1S/C22H17Cl3F2N2O4/c23-16-6-3-13(8-15(16)17(30)7-11-9-21(26,27)10-11)28-20(31)19-18(22(19,24)25)12-1-4-14(5-2-12)29(32)33/h1-6,8,11,18-19H,7,9-10H2,(H,28,31). The molecule has 0 spiro atoms. The summed E-state index contributed by atoms with van der Waals surface area (Å²) in [5.74, 6) is -5.39. The Morgan fingerprint density at radius 2 is 1.76 bits per heavy atom. The minimum absolute atomic E-state index is 0.0516. The predicted octanol–water partition coefficient (Wildman–Crippen LogP) is 6.39. The van der Waals surface area contributed by atoms with Gasteiger partial charge in [-0.1, -0.05) is 23.7 Å². The second-order valence-corrected chi connectivity index (χ2v) is 10.3. The average Bonchev–Trinajstić information content (AvgIpc) is 3.30. The number of nitro groups is 1. The molecule has 0 aromatic heterocycles. The summed E-state index contributed by atoms with van der Waals surface area (Å²) < 4.78 is 24.7. The highest BCUT2D eigenvalue weighted by Crippen LogP contribution is 2.65. The van der Waals surface area contributed by atoms with Crippen LogP contribution in [0.5, 0.6) is 0 Å². The number of carbonyl (C=O) groups excluding carboxylic acids is 2. The number of halogens is 5. The number of benzene rings is 2. The molecule has 0 radical (unpaired) electrons. The van der Waals surface area contributed by atoms with E-state index in [0.29, 0.717) is 5.56 Å². The van der Waals surface area contributed by atoms with E-state index in [0.717, 1.165) is 0 Å². The van der Waals surface area contributed by atoms with Crippen molar-refractivity contribution >= 4 is 57.9 Å². The van der Waals surface area contributed by atoms with E-state index < -0.39 is 38.8 Å². The van der Waals surface area contributed by atoms with Crippen molar-refractivity contribution in [1.82, 2.24) is 0 Å². The third-order valence-corrected chi connectivity index (χ3v) is 7.25. The van der Waals surface area contributed by atoms with E-state index in [-0.39, 0.29) is 47.0 Å². The average molecular weight is 518 g/mol. The first-order valence-corrected chi connectivity index (χ1v) is 11.2. The quantitative estimate of drug-likeness (QED) is 0.199.